The molecule has 1 unspecified atom stereocenters. The number of rotatable bonds is 13. The molecule has 19 nitrogen and oxygen atoms in total. The second-order valence-electron chi connectivity index (χ2n) is 10.8. The van der Waals surface area contributed by atoms with E-state index >= 15 is 0 Å². The number of hydrogen-bond donors (Lipinski definition) is 6. The summed E-state index contributed by atoms with van der Waals surface area (Å²) in [6.45, 7) is 0.573. The summed E-state index contributed by atoms with van der Waals surface area (Å²) in [6, 6.07) is 0.914. The fraction of sp³-hybridized carbons (Fsp3) is 0.370. The number of nitrogens with one attached hydrogen (secondary N) is 1. The highest BCUT2D eigenvalue weighted by molar-refractivity contribution is 8.02. The first-order valence-corrected chi connectivity index (χ1v) is 16.3. The summed E-state index contributed by atoms with van der Waals surface area (Å²) in [5, 5.41) is 43.4. The van der Waals surface area contributed by atoms with E-state index in [0.29, 0.717) is 5.01 Å². The predicted octanol–water partition coefficient (Wildman–Crippen LogP) is 0.297. The molecule has 22 heteroatoms. The van der Waals surface area contributed by atoms with Crippen molar-refractivity contribution in [2.75, 3.05) is 25.4 Å². The van der Waals surface area contributed by atoms with E-state index in [0.717, 1.165) is 40.1 Å². The van der Waals surface area contributed by atoms with E-state index in [2.05, 4.69) is 15.6 Å². The van der Waals surface area contributed by atoms with Crippen LogP contribution in [-0.4, -0.2) is 123 Å². The van der Waals surface area contributed by atoms with Crippen LogP contribution in [0.5, 0.6) is 11.5 Å². The van der Waals surface area contributed by atoms with Crippen LogP contribution >= 0.6 is 34.7 Å². The second kappa shape index (κ2) is 13.4. The molecule has 4 atom stereocenters. The number of hydrazine groups is 1. The summed E-state index contributed by atoms with van der Waals surface area (Å²) in [5.74, 6) is -9.29. The number of nitrogens with two attached hydrogens (primary N) is 1. The van der Waals surface area contributed by atoms with Crippen LogP contribution < -0.4 is 11.2 Å². The van der Waals surface area contributed by atoms with Crippen molar-refractivity contribution in [2.45, 2.75) is 36.1 Å². The molecule has 4 amide bonds. The van der Waals surface area contributed by atoms with Crippen LogP contribution in [-0.2, 0) is 28.8 Å². The molecule has 0 radical (unpaired) electrons. The van der Waals surface area contributed by atoms with Crippen molar-refractivity contribution in [3.05, 3.63) is 33.8 Å². The SMILES string of the molecule is CC[C@H](O/N=C(\C(=O)CC1C(=O)N2C[C@@](C(=O)O)(N3CCN(NC(=O)C(=O)c4ccc(O)c(O)c4Cl)C3=O)S[C@H]12)c1csc(N)n1)C(=O)O. The molecule has 5 rings (SSSR count). The zero-order chi connectivity index (χ0) is 35.9. The van der Waals surface area contributed by atoms with Gasteiger partial charge in [0.25, 0.3) is 5.78 Å². The fourth-order valence-corrected chi connectivity index (χ4v) is 7.78. The predicted molar refractivity (Wildman–Crippen MR) is 168 cm³/mol. The highest BCUT2D eigenvalue weighted by atomic mass is 35.5. The van der Waals surface area contributed by atoms with Crippen LogP contribution in [0.1, 0.15) is 35.8 Å². The van der Waals surface area contributed by atoms with Crippen LogP contribution in [0, 0.1) is 5.92 Å². The summed E-state index contributed by atoms with van der Waals surface area (Å²) >= 11 is 7.58. The third-order valence-electron chi connectivity index (χ3n) is 7.86. The number of thioether (sulfide) groups is 1. The Bertz CT molecular complexity index is 1820. The number of benzene rings is 1. The summed E-state index contributed by atoms with van der Waals surface area (Å²) < 4.78 is 0. The van der Waals surface area contributed by atoms with Crippen LogP contribution in [0.3, 0.4) is 0 Å². The molecular formula is C27H26ClN7O12S2. The number of halogens is 1. The largest absolute Gasteiger partial charge is 0.504 e. The number of carboxylic acids is 2. The lowest BCUT2D eigenvalue weighted by Gasteiger charge is -2.40. The maximum Gasteiger partial charge on any atom is 0.347 e. The number of aromatic hydroxyl groups is 2. The van der Waals surface area contributed by atoms with E-state index < -0.39 is 98.7 Å². The van der Waals surface area contributed by atoms with Gasteiger partial charge in [0.05, 0.1) is 35.0 Å². The van der Waals surface area contributed by atoms with Crippen molar-refractivity contribution in [1.29, 1.82) is 0 Å². The van der Waals surface area contributed by atoms with Crippen LogP contribution in [0.4, 0.5) is 9.93 Å². The standard InChI is InChI=1S/C27H26ClN7O12S2/c1-2-15(23(42)43)47-32-17(12-8-48-25(29)30-12)14(37)7-11-21(41)33-9-27(24(44)45,49-22(11)33)34-5-6-35(26(34)46)31-20(40)18(38)10-3-4-13(36)19(39)16(10)28/h3-4,8,11,15,22,36,39H,2,5-7,9H2,1H3,(H2,29,30)(H,31,40)(H,42,43)(H,44,45)/b32-17-/t11?,15-,22+,27+/m0/s1. The minimum atomic E-state index is -2.04. The number of nitrogens with zero attached hydrogens (tertiary/aromatic N) is 5. The van der Waals surface area contributed by atoms with E-state index in [1.165, 1.54) is 17.2 Å². The monoisotopic (exact) mass is 739 g/mol. The third-order valence-corrected chi connectivity index (χ3v) is 10.7. The number of aliphatic carboxylic acids is 2. The molecule has 1 aromatic heterocycles. The normalized spacial score (nSPS) is 22.4. The fourth-order valence-electron chi connectivity index (χ4n) is 5.29. The van der Waals surface area contributed by atoms with Gasteiger partial charge in [0.15, 0.2) is 28.1 Å². The molecule has 7 N–H and O–H groups in total. The minimum Gasteiger partial charge on any atom is -0.504 e. The van der Waals surface area contributed by atoms with Gasteiger partial charge in [0.2, 0.25) is 16.9 Å². The van der Waals surface area contributed by atoms with Crippen LogP contribution in [0.15, 0.2) is 22.7 Å². The van der Waals surface area contributed by atoms with E-state index in [9.17, 15) is 54.0 Å². The van der Waals surface area contributed by atoms with Crippen molar-refractivity contribution in [1.82, 2.24) is 25.2 Å². The molecule has 49 heavy (non-hydrogen) atoms. The Morgan fingerprint density at radius 1 is 1.20 bits per heavy atom. The average Bonchev–Trinajstić information content (AvgIpc) is 3.76. The Morgan fingerprint density at radius 2 is 1.92 bits per heavy atom. The Hall–Kier alpha value is -5.15. The molecule has 1 aromatic carbocycles. The maximum absolute atomic E-state index is 13.4. The van der Waals surface area contributed by atoms with Crippen molar-refractivity contribution < 1.29 is 58.8 Å². The molecule has 3 fully saturated rings. The summed E-state index contributed by atoms with van der Waals surface area (Å²) in [4.78, 5) is 98.6. The Labute approximate surface area is 288 Å². The van der Waals surface area contributed by atoms with Gasteiger partial charge in [-0.05, 0) is 18.6 Å². The topological polar surface area (TPSA) is 283 Å². The van der Waals surface area contributed by atoms with Gasteiger partial charge in [-0.25, -0.2) is 24.4 Å². The molecule has 0 spiro atoms. The molecule has 3 saturated heterocycles. The number of anilines is 1. The first-order valence-electron chi connectivity index (χ1n) is 14.2. The van der Waals surface area contributed by atoms with Gasteiger partial charge in [0.1, 0.15) is 5.69 Å². The minimum absolute atomic E-state index is 0.0110. The number of oxime groups is 1. The second-order valence-corrected chi connectivity index (χ2v) is 13.5. The van der Waals surface area contributed by atoms with E-state index in [4.69, 9.17) is 22.2 Å². The van der Waals surface area contributed by atoms with Gasteiger partial charge in [-0.2, -0.15) is 0 Å². The summed E-state index contributed by atoms with van der Waals surface area (Å²) in [7, 11) is 0. The molecule has 0 bridgehead atoms. The number of fused-ring (bicyclic) bond motifs is 1. The molecular weight excluding hydrogens is 714 g/mol. The number of β-lactam (4-membered cyclic amide) rings is 1. The number of thiazole rings is 1. The average molecular weight is 740 g/mol. The number of aromatic nitrogens is 1. The number of hydrogen-bond acceptors (Lipinski definition) is 15. The molecule has 4 heterocycles. The van der Waals surface area contributed by atoms with E-state index in [1.54, 1.807) is 0 Å². The number of amides is 4. The zero-order valence-electron chi connectivity index (χ0n) is 25.1. The van der Waals surface area contributed by atoms with Gasteiger partial charge in [-0.3, -0.25) is 29.5 Å². The summed E-state index contributed by atoms with van der Waals surface area (Å²) in [6.07, 6.45) is -1.84. The lowest BCUT2D eigenvalue weighted by Crippen LogP contribution is -2.60. The highest BCUT2D eigenvalue weighted by Gasteiger charge is 2.66. The Morgan fingerprint density at radius 3 is 2.53 bits per heavy atom. The van der Waals surface area contributed by atoms with Gasteiger partial charge >= 0.3 is 23.9 Å². The number of phenolic OH excluding ortho intramolecular Hbond substituents is 2. The first-order chi connectivity index (χ1) is 23.1. The Kier molecular flexibility index (Phi) is 9.61. The van der Waals surface area contributed by atoms with Gasteiger partial charge in [-0.1, -0.05) is 35.4 Å². The lowest BCUT2D eigenvalue weighted by atomic mass is 9.90. The van der Waals surface area contributed by atoms with Crippen molar-refractivity contribution >= 4 is 86.9 Å². The maximum atomic E-state index is 13.4. The summed E-state index contributed by atoms with van der Waals surface area (Å²) in [5.41, 5.74) is 6.91. The van der Waals surface area contributed by atoms with E-state index in [1.807, 2.05) is 0 Å². The molecule has 3 aliphatic heterocycles. The molecule has 260 valence electrons. The van der Waals surface area contributed by atoms with Gasteiger partial charge in [-0.15, -0.1) is 11.3 Å². The van der Waals surface area contributed by atoms with Gasteiger partial charge in [0, 0.05) is 18.3 Å². The first kappa shape index (κ1) is 35.2. The number of phenols is 2. The van der Waals surface area contributed by atoms with Crippen LogP contribution in [0.2, 0.25) is 5.02 Å². The molecule has 2 aromatic rings. The number of carboxylic acid groups (broad SMARTS) is 2. The van der Waals surface area contributed by atoms with Crippen molar-refractivity contribution in [3.63, 3.8) is 0 Å². The number of urea groups is 1. The Balaban J connectivity index is 1.30. The van der Waals surface area contributed by atoms with E-state index in [-0.39, 0.29) is 36.0 Å². The number of carbonyl (C=O) groups excluding carboxylic acids is 5. The molecule has 0 aliphatic carbocycles. The highest BCUT2D eigenvalue weighted by Crippen LogP contribution is 2.52. The number of ketones is 2. The number of nitrogen functional groups attached to an aromatic ring is 1. The van der Waals surface area contributed by atoms with Gasteiger partial charge < -0.3 is 35.9 Å². The van der Waals surface area contributed by atoms with Crippen molar-refractivity contribution in [2.24, 2.45) is 11.1 Å². The van der Waals surface area contributed by atoms with Crippen molar-refractivity contribution in [3.8, 4) is 11.5 Å². The third kappa shape index (κ3) is 6.26. The quantitative estimate of drug-likeness (QED) is 0.0402. The smallest absolute Gasteiger partial charge is 0.347 e. The molecule has 3 aliphatic rings. The van der Waals surface area contributed by atoms with Crippen LogP contribution in [0.25, 0.3) is 0 Å². The number of Topliss-reactive ketones (excluding diaryl/α,β-unsaturated/α-hetero) is 2. The number of carbonyl (C=O) groups is 7. The zero-order valence-corrected chi connectivity index (χ0v) is 27.5. The molecule has 0 saturated carbocycles. The lowest BCUT2D eigenvalue weighted by molar-refractivity contribution is -0.154.